The first-order chi connectivity index (χ1) is 16.5. The number of halogens is 5. The summed E-state index contributed by atoms with van der Waals surface area (Å²) in [6.45, 7) is 1.99. The number of terminal acetylenes is 1. The molecule has 2 aromatic rings. The number of imide groups is 2. The summed E-state index contributed by atoms with van der Waals surface area (Å²) in [5.74, 6) is 0.809. The third-order valence-corrected chi connectivity index (χ3v) is 5.68. The Hall–Kier alpha value is -3.24. The second kappa shape index (κ2) is 10.6. The number of hydrogen-bond acceptors (Lipinski definition) is 5. The van der Waals surface area contributed by atoms with Crippen LogP contribution in [0.5, 0.6) is 11.5 Å². The maximum atomic E-state index is 13.2. The van der Waals surface area contributed by atoms with Crippen LogP contribution in [0.1, 0.15) is 18.1 Å². The van der Waals surface area contributed by atoms with Crippen LogP contribution in [-0.2, 0) is 15.8 Å². The van der Waals surface area contributed by atoms with Gasteiger partial charge in [-0.25, -0.2) is 9.69 Å². The van der Waals surface area contributed by atoms with Crippen molar-refractivity contribution < 1.29 is 37.0 Å². The molecule has 0 aliphatic carbocycles. The molecule has 3 rings (SSSR count). The van der Waals surface area contributed by atoms with Gasteiger partial charge < -0.3 is 9.47 Å². The molecule has 1 saturated heterocycles. The first-order valence-electron chi connectivity index (χ1n) is 9.78. The molecule has 12 heteroatoms. The number of barbiturate groups is 1. The fraction of sp³-hybridized carbons (Fsp3) is 0.174. The van der Waals surface area contributed by atoms with Crippen molar-refractivity contribution in [2.75, 3.05) is 18.1 Å². The first-order valence-corrected chi connectivity index (χ1v) is 11.2. The van der Waals surface area contributed by atoms with Crippen molar-refractivity contribution in [3.05, 3.63) is 55.6 Å². The second-order valence-corrected chi connectivity index (χ2v) is 8.45. The summed E-state index contributed by atoms with van der Waals surface area (Å²) >= 11 is 7.95. The quantitative estimate of drug-likeness (QED) is 0.212. The topological polar surface area (TPSA) is 84.9 Å². The largest absolute Gasteiger partial charge is 0.490 e. The molecule has 7 nitrogen and oxygen atoms in total. The number of carbonyl (C=O) groups is 3. The Morgan fingerprint density at radius 2 is 1.91 bits per heavy atom. The Morgan fingerprint density at radius 1 is 1.20 bits per heavy atom. The van der Waals surface area contributed by atoms with Crippen LogP contribution in [0.2, 0.25) is 5.02 Å². The summed E-state index contributed by atoms with van der Waals surface area (Å²) in [5, 5.41) is 1.65. The van der Waals surface area contributed by atoms with E-state index >= 15 is 0 Å². The zero-order chi connectivity index (χ0) is 25.9. The number of alkyl halides is 3. The van der Waals surface area contributed by atoms with E-state index in [-0.39, 0.29) is 18.2 Å². The van der Waals surface area contributed by atoms with E-state index in [9.17, 15) is 27.6 Å². The number of carbonyl (C=O) groups excluding carboxylic acids is 3. The van der Waals surface area contributed by atoms with Crippen LogP contribution in [0.3, 0.4) is 0 Å². The lowest BCUT2D eigenvalue weighted by Crippen LogP contribution is -2.54. The molecule has 1 N–H and O–H groups in total. The van der Waals surface area contributed by atoms with E-state index in [2.05, 4.69) is 5.92 Å². The van der Waals surface area contributed by atoms with Gasteiger partial charge in [0.05, 0.1) is 26.5 Å². The molecule has 0 unspecified atom stereocenters. The monoisotopic (exact) mass is 618 g/mol. The number of hydrogen-bond donors (Lipinski definition) is 1. The van der Waals surface area contributed by atoms with E-state index in [1.54, 1.807) is 13.0 Å². The van der Waals surface area contributed by atoms with Crippen LogP contribution in [0.4, 0.5) is 23.7 Å². The van der Waals surface area contributed by atoms with Gasteiger partial charge in [0.15, 0.2) is 11.5 Å². The predicted octanol–water partition coefficient (Wildman–Crippen LogP) is 5.04. The third-order valence-electron chi connectivity index (χ3n) is 4.56. The van der Waals surface area contributed by atoms with Crippen molar-refractivity contribution in [1.29, 1.82) is 0 Å². The van der Waals surface area contributed by atoms with Crippen LogP contribution in [0.15, 0.2) is 35.9 Å². The molecule has 1 aliphatic heterocycles. The van der Waals surface area contributed by atoms with E-state index in [1.165, 1.54) is 12.1 Å². The van der Waals surface area contributed by atoms with Crippen LogP contribution in [-0.4, -0.2) is 31.1 Å². The van der Waals surface area contributed by atoms with Crippen LogP contribution in [0, 0.1) is 15.9 Å². The number of urea groups is 1. The van der Waals surface area contributed by atoms with E-state index in [1.807, 2.05) is 27.9 Å². The van der Waals surface area contributed by atoms with E-state index < -0.39 is 40.8 Å². The van der Waals surface area contributed by atoms with Gasteiger partial charge in [0, 0.05) is 0 Å². The molecule has 1 fully saturated rings. The average molecular weight is 619 g/mol. The molecule has 2 aromatic carbocycles. The molecule has 4 amide bonds. The Kier molecular flexibility index (Phi) is 7.97. The van der Waals surface area contributed by atoms with Gasteiger partial charge in [0.25, 0.3) is 11.8 Å². The summed E-state index contributed by atoms with van der Waals surface area (Å²) in [6, 6.07) is 4.00. The Balaban J connectivity index is 2.08. The zero-order valence-corrected chi connectivity index (χ0v) is 20.7. The van der Waals surface area contributed by atoms with Gasteiger partial charge in [-0.05, 0) is 71.5 Å². The molecular formula is C23H15ClF3IN2O5. The second-order valence-electron chi connectivity index (χ2n) is 6.88. The molecule has 0 bridgehead atoms. The van der Waals surface area contributed by atoms with Crippen molar-refractivity contribution in [3.8, 4) is 23.8 Å². The molecule has 0 atom stereocenters. The van der Waals surface area contributed by atoms with Gasteiger partial charge in [0.2, 0.25) is 0 Å². The summed E-state index contributed by atoms with van der Waals surface area (Å²) in [5.41, 5.74) is -1.83. The number of ether oxygens (including phenoxy) is 2. The highest BCUT2D eigenvalue weighted by molar-refractivity contribution is 14.1. The molecule has 0 radical (unpaired) electrons. The molecule has 182 valence electrons. The molecule has 0 aromatic heterocycles. The van der Waals surface area contributed by atoms with E-state index in [0.29, 0.717) is 37.7 Å². The van der Waals surface area contributed by atoms with E-state index in [4.69, 9.17) is 27.5 Å². The van der Waals surface area contributed by atoms with Crippen molar-refractivity contribution in [1.82, 2.24) is 5.32 Å². The number of benzene rings is 2. The fourth-order valence-electron chi connectivity index (χ4n) is 3.09. The first kappa shape index (κ1) is 26.4. The molecular weight excluding hydrogens is 604 g/mol. The van der Waals surface area contributed by atoms with E-state index in [0.717, 1.165) is 6.07 Å². The summed E-state index contributed by atoms with van der Waals surface area (Å²) in [6.07, 6.45) is 1.66. The molecule has 1 aliphatic rings. The Morgan fingerprint density at radius 3 is 2.54 bits per heavy atom. The minimum absolute atomic E-state index is 0.0216. The van der Waals surface area contributed by atoms with Gasteiger partial charge in [-0.15, -0.1) is 6.42 Å². The van der Waals surface area contributed by atoms with Gasteiger partial charge in [-0.3, -0.25) is 14.9 Å². The molecule has 0 spiro atoms. The maximum absolute atomic E-state index is 13.2. The van der Waals surface area contributed by atoms with Crippen LogP contribution in [0.25, 0.3) is 6.08 Å². The van der Waals surface area contributed by atoms with Crippen molar-refractivity contribution >= 4 is 63.8 Å². The van der Waals surface area contributed by atoms with Gasteiger partial charge in [0.1, 0.15) is 12.2 Å². The zero-order valence-electron chi connectivity index (χ0n) is 17.8. The Labute approximate surface area is 216 Å². The summed E-state index contributed by atoms with van der Waals surface area (Å²) < 4.78 is 51.2. The van der Waals surface area contributed by atoms with Crippen molar-refractivity contribution in [3.63, 3.8) is 0 Å². The van der Waals surface area contributed by atoms with Crippen LogP contribution < -0.4 is 19.7 Å². The molecule has 0 saturated carbocycles. The summed E-state index contributed by atoms with van der Waals surface area (Å²) in [7, 11) is 0. The average Bonchev–Trinajstić information content (AvgIpc) is 2.76. The number of nitrogens with one attached hydrogen (secondary N) is 1. The van der Waals surface area contributed by atoms with Crippen LogP contribution >= 0.6 is 34.2 Å². The third kappa shape index (κ3) is 5.71. The highest BCUT2D eigenvalue weighted by atomic mass is 127. The van der Waals surface area contributed by atoms with Crippen molar-refractivity contribution in [2.24, 2.45) is 0 Å². The molecule has 1 heterocycles. The normalized spacial score (nSPS) is 15.2. The standard InChI is InChI=1S/C23H15ClF3IN2O5/c1-3-7-35-19-16(28)9-12(10-18(19)34-4-2)8-14-20(31)29-22(33)30(21(14)32)17-11-13(23(25,26)27)5-6-15(17)24/h1,5-6,8-11H,4,7H2,2H3,(H,29,31,33)/b14-8-. The summed E-state index contributed by atoms with van der Waals surface area (Å²) in [4.78, 5) is 38.4. The predicted molar refractivity (Wildman–Crippen MR) is 130 cm³/mol. The van der Waals surface area contributed by atoms with Gasteiger partial charge in [-0.1, -0.05) is 17.5 Å². The number of amides is 4. The van der Waals surface area contributed by atoms with Gasteiger partial charge in [-0.2, -0.15) is 13.2 Å². The smallest absolute Gasteiger partial charge is 0.416 e. The van der Waals surface area contributed by atoms with Gasteiger partial charge >= 0.3 is 12.2 Å². The Bertz CT molecular complexity index is 1290. The lowest BCUT2D eigenvalue weighted by Gasteiger charge is -2.27. The fourth-order valence-corrected chi connectivity index (χ4v) is 4.07. The lowest BCUT2D eigenvalue weighted by molar-refractivity contribution is -0.137. The number of rotatable bonds is 6. The highest BCUT2D eigenvalue weighted by Crippen LogP contribution is 2.38. The minimum Gasteiger partial charge on any atom is -0.490 e. The maximum Gasteiger partial charge on any atom is 0.416 e. The number of nitrogens with zero attached hydrogens (tertiary/aromatic N) is 1. The molecule has 35 heavy (non-hydrogen) atoms. The number of anilines is 1. The SMILES string of the molecule is C#CCOc1c(I)cc(/C=C2/C(=O)NC(=O)N(c3cc(C(F)(F)F)ccc3Cl)C2=O)cc1OCC. The highest BCUT2D eigenvalue weighted by Gasteiger charge is 2.39. The van der Waals surface area contributed by atoms with Crippen molar-refractivity contribution in [2.45, 2.75) is 13.1 Å². The lowest BCUT2D eigenvalue weighted by atomic mass is 10.1. The minimum atomic E-state index is -4.75.